The van der Waals surface area contributed by atoms with Gasteiger partial charge >= 0.3 is 6.09 Å². The molecule has 0 aliphatic rings. The summed E-state index contributed by atoms with van der Waals surface area (Å²) >= 11 is 1.40. The molecule has 0 bridgehead atoms. The number of rotatable bonds is 2. The van der Waals surface area contributed by atoms with E-state index in [0.717, 1.165) is 11.3 Å². The van der Waals surface area contributed by atoms with E-state index >= 15 is 0 Å². The van der Waals surface area contributed by atoms with Gasteiger partial charge in [0, 0.05) is 4.88 Å². The van der Waals surface area contributed by atoms with Crippen LogP contribution in [0.3, 0.4) is 0 Å². The number of nitriles is 1. The Morgan fingerprint density at radius 2 is 2.24 bits per heavy atom. The van der Waals surface area contributed by atoms with Crippen LogP contribution in [0, 0.1) is 11.3 Å². The van der Waals surface area contributed by atoms with Crippen LogP contribution in [0.1, 0.15) is 38.1 Å². The van der Waals surface area contributed by atoms with Crippen LogP contribution in [0.15, 0.2) is 6.07 Å². The fourth-order valence-electron chi connectivity index (χ4n) is 1.19. The molecular weight excluding hydrogens is 236 g/mol. The minimum atomic E-state index is -0.540. The number of anilines is 1. The molecule has 1 rings (SSSR count). The van der Waals surface area contributed by atoms with Crippen LogP contribution in [-0.2, 0) is 11.2 Å². The normalized spacial score (nSPS) is 10.8. The number of hydrogen-bond donors (Lipinski definition) is 1. The molecule has 1 aromatic rings. The van der Waals surface area contributed by atoms with Crippen LogP contribution in [0.25, 0.3) is 0 Å². The van der Waals surface area contributed by atoms with Crippen molar-refractivity contribution in [2.75, 3.05) is 5.32 Å². The highest BCUT2D eigenvalue weighted by atomic mass is 32.1. The third-order valence-corrected chi connectivity index (χ3v) is 3.06. The van der Waals surface area contributed by atoms with Gasteiger partial charge in [0.1, 0.15) is 16.7 Å². The van der Waals surface area contributed by atoms with Gasteiger partial charge in [-0.05, 0) is 33.3 Å². The molecule has 0 radical (unpaired) electrons. The second-order valence-electron chi connectivity index (χ2n) is 4.55. The van der Waals surface area contributed by atoms with Crippen molar-refractivity contribution in [3.63, 3.8) is 0 Å². The van der Waals surface area contributed by atoms with Crippen LogP contribution < -0.4 is 5.32 Å². The van der Waals surface area contributed by atoms with Gasteiger partial charge in [0.15, 0.2) is 0 Å². The molecule has 92 valence electrons. The third kappa shape index (κ3) is 4.08. The number of hydrogen-bond acceptors (Lipinski definition) is 4. The molecule has 1 aromatic heterocycles. The van der Waals surface area contributed by atoms with E-state index in [1.165, 1.54) is 11.3 Å². The predicted octanol–water partition coefficient (Wildman–Crippen LogP) is 3.53. The molecule has 0 atom stereocenters. The minimum Gasteiger partial charge on any atom is -0.444 e. The third-order valence-electron chi connectivity index (χ3n) is 1.87. The molecule has 0 unspecified atom stereocenters. The lowest BCUT2D eigenvalue weighted by molar-refractivity contribution is 0.0636. The summed E-state index contributed by atoms with van der Waals surface area (Å²) in [5.74, 6) is 0. The summed E-state index contributed by atoms with van der Waals surface area (Å²) in [6.45, 7) is 7.39. The first-order valence-corrected chi connectivity index (χ1v) is 6.20. The first-order chi connectivity index (χ1) is 7.85. The number of carbonyl (C=O) groups excluding carboxylic acids is 1. The molecule has 1 amide bonds. The molecule has 0 aliphatic heterocycles. The van der Waals surface area contributed by atoms with E-state index < -0.39 is 11.7 Å². The van der Waals surface area contributed by atoms with Crippen LogP contribution in [-0.4, -0.2) is 11.7 Å². The quantitative estimate of drug-likeness (QED) is 0.875. The summed E-state index contributed by atoms with van der Waals surface area (Å²) in [6.07, 6.45) is 0.313. The Morgan fingerprint density at radius 1 is 1.59 bits per heavy atom. The molecule has 1 heterocycles. The van der Waals surface area contributed by atoms with Gasteiger partial charge in [0.25, 0.3) is 0 Å². The van der Waals surface area contributed by atoms with Crippen molar-refractivity contribution in [1.82, 2.24) is 0 Å². The van der Waals surface area contributed by atoms with Gasteiger partial charge in [0.05, 0.1) is 5.56 Å². The lowest BCUT2D eigenvalue weighted by Gasteiger charge is -2.19. The summed E-state index contributed by atoms with van der Waals surface area (Å²) in [6, 6.07) is 3.85. The SMILES string of the molecule is CCc1cc(C#N)c(NC(=O)OC(C)(C)C)s1. The Morgan fingerprint density at radius 3 is 2.71 bits per heavy atom. The highest BCUT2D eigenvalue weighted by Crippen LogP contribution is 2.28. The zero-order valence-corrected chi connectivity index (χ0v) is 11.3. The van der Waals surface area contributed by atoms with Crippen LogP contribution in [0.4, 0.5) is 9.80 Å². The monoisotopic (exact) mass is 252 g/mol. The average Bonchev–Trinajstić information content (AvgIpc) is 2.57. The number of aryl methyl sites for hydroxylation is 1. The van der Waals surface area contributed by atoms with E-state index in [-0.39, 0.29) is 0 Å². The number of amides is 1. The fraction of sp³-hybridized carbons (Fsp3) is 0.500. The molecule has 17 heavy (non-hydrogen) atoms. The van der Waals surface area contributed by atoms with Crippen molar-refractivity contribution in [2.24, 2.45) is 0 Å². The number of carbonyl (C=O) groups is 1. The van der Waals surface area contributed by atoms with Crippen molar-refractivity contribution in [3.8, 4) is 6.07 Å². The maximum Gasteiger partial charge on any atom is 0.412 e. The number of nitrogens with one attached hydrogen (secondary N) is 1. The zero-order chi connectivity index (χ0) is 13.1. The largest absolute Gasteiger partial charge is 0.444 e. The molecule has 4 nitrogen and oxygen atoms in total. The number of ether oxygens (including phenoxy) is 1. The van der Waals surface area contributed by atoms with Crippen molar-refractivity contribution in [2.45, 2.75) is 39.7 Å². The van der Waals surface area contributed by atoms with Gasteiger partial charge in [0.2, 0.25) is 0 Å². The van der Waals surface area contributed by atoms with Crippen molar-refractivity contribution in [1.29, 1.82) is 5.26 Å². The van der Waals surface area contributed by atoms with E-state index in [4.69, 9.17) is 10.00 Å². The summed E-state index contributed by atoms with van der Waals surface area (Å²) in [5, 5.41) is 12.1. The van der Waals surface area contributed by atoms with Gasteiger partial charge in [-0.15, -0.1) is 11.3 Å². The van der Waals surface area contributed by atoms with Gasteiger partial charge in [-0.3, -0.25) is 5.32 Å². The zero-order valence-electron chi connectivity index (χ0n) is 10.5. The van der Waals surface area contributed by atoms with Gasteiger partial charge in [-0.25, -0.2) is 4.79 Å². The highest BCUT2D eigenvalue weighted by Gasteiger charge is 2.18. The van der Waals surface area contributed by atoms with Gasteiger partial charge < -0.3 is 4.74 Å². The molecule has 0 saturated heterocycles. The predicted molar refractivity (Wildman–Crippen MR) is 68.3 cm³/mol. The van der Waals surface area contributed by atoms with Crippen LogP contribution in [0.2, 0.25) is 0 Å². The van der Waals surface area contributed by atoms with Crippen LogP contribution in [0.5, 0.6) is 0 Å². The molecular formula is C12H16N2O2S. The molecule has 0 spiro atoms. The smallest absolute Gasteiger partial charge is 0.412 e. The molecule has 0 aliphatic carbocycles. The van der Waals surface area contributed by atoms with Gasteiger partial charge in [-0.2, -0.15) is 5.26 Å². The molecule has 0 saturated carbocycles. The lowest BCUT2D eigenvalue weighted by atomic mass is 10.2. The Hall–Kier alpha value is -1.54. The first kappa shape index (κ1) is 13.5. The Labute approximate surface area is 105 Å². The molecule has 0 aromatic carbocycles. The maximum absolute atomic E-state index is 11.6. The summed E-state index contributed by atoms with van der Waals surface area (Å²) in [7, 11) is 0. The summed E-state index contributed by atoms with van der Waals surface area (Å²) < 4.78 is 5.13. The standard InChI is InChI=1S/C12H16N2O2S/c1-5-9-6-8(7-13)10(17-9)14-11(15)16-12(2,3)4/h6H,5H2,1-4H3,(H,14,15). The molecule has 5 heteroatoms. The lowest BCUT2D eigenvalue weighted by Crippen LogP contribution is -2.27. The van der Waals surface area contributed by atoms with E-state index in [2.05, 4.69) is 11.4 Å². The van der Waals surface area contributed by atoms with Crippen LogP contribution >= 0.6 is 11.3 Å². The maximum atomic E-state index is 11.6. The van der Waals surface area contributed by atoms with E-state index in [1.54, 1.807) is 26.8 Å². The Kier molecular flexibility index (Phi) is 4.13. The Balaban J connectivity index is 2.78. The van der Waals surface area contributed by atoms with E-state index in [0.29, 0.717) is 10.6 Å². The Bertz CT molecular complexity index is 452. The molecule has 1 N–H and O–H groups in total. The van der Waals surface area contributed by atoms with Gasteiger partial charge in [-0.1, -0.05) is 6.92 Å². The second-order valence-corrected chi connectivity index (χ2v) is 5.68. The van der Waals surface area contributed by atoms with E-state index in [1.807, 2.05) is 6.92 Å². The summed E-state index contributed by atoms with van der Waals surface area (Å²) in [4.78, 5) is 12.6. The second kappa shape index (κ2) is 5.19. The number of nitrogens with zero attached hydrogens (tertiary/aromatic N) is 1. The van der Waals surface area contributed by atoms with Crippen molar-refractivity contribution < 1.29 is 9.53 Å². The average molecular weight is 252 g/mol. The first-order valence-electron chi connectivity index (χ1n) is 5.38. The summed E-state index contributed by atoms with van der Waals surface area (Å²) in [5.41, 5.74) is -0.0560. The van der Waals surface area contributed by atoms with E-state index in [9.17, 15) is 4.79 Å². The number of thiophene rings is 1. The van der Waals surface area contributed by atoms with Crippen molar-refractivity contribution >= 4 is 22.4 Å². The molecule has 0 fully saturated rings. The van der Waals surface area contributed by atoms with Crippen molar-refractivity contribution in [3.05, 3.63) is 16.5 Å². The highest BCUT2D eigenvalue weighted by molar-refractivity contribution is 7.16. The fourth-order valence-corrected chi connectivity index (χ4v) is 2.12. The topological polar surface area (TPSA) is 62.1 Å². The minimum absolute atomic E-state index is 0.484.